The number of ether oxygens (including phenoxy) is 3. The number of hydrogen-bond acceptors (Lipinski definition) is 5. The number of nitrogens with zero attached hydrogens (tertiary/aromatic N) is 3. The molecule has 3 aliphatic rings. The summed E-state index contributed by atoms with van der Waals surface area (Å²) in [5.74, 6) is 1.06. The van der Waals surface area contributed by atoms with Gasteiger partial charge in [0.25, 0.3) is 5.91 Å². The van der Waals surface area contributed by atoms with E-state index in [9.17, 15) is 4.79 Å². The van der Waals surface area contributed by atoms with Crippen molar-refractivity contribution in [3.63, 3.8) is 0 Å². The largest absolute Gasteiger partial charge is 0.381 e. The molecule has 0 aromatic carbocycles. The Bertz CT molecular complexity index is 482. The summed E-state index contributed by atoms with van der Waals surface area (Å²) < 4.78 is 16.8. The molecule has 3 fully saturated rings. The fraction of sp³-hybridized carbons (Fsp3) is 0.895. The molecule has 3 saturated heterocycles. The van der Waals surface area contributed by atoms with E-state index in [1.165, 1.54) is 0 Å². The highest BCUT2D eigenvalue weighted by Crippen LogP contribution is 2.16. The highest BCUT2D eigenvalue weighted by Gasteiger charge is 2.30. The van der Waals surface area contributed by atoms with Crippen LogP contribution in [0, 0.1) is 0 Å². The molecule has 3 heterocycles. The Hall–Kier alpha value is -1.38. The third kappa shape index (κ3) is 6.05. The molecule has 27 heavy (non-hydrogen) atoms. The number of carbonyl (C=O) groups excluding carboxylic acids is 1. The van der Waals surface area contributed by atoms with Crippen LogP contribution < -0.4 is 5.32 Å². The van der Waals surface area contributed by atoms with Gasteiger partial charge in [0.15, 0.2) is 5.96 Å². The van der Waals surface area contributed by atoms with Gasteiger partial charge in [0.05, 0.1) is 6.10 Å². The van der Waals surface area contributed by atoms with Crippen LogP contribution in [0.4, 0.5) is 0 Å². The molecule has 8 nitrogen and oxygen atoms in total. The van der Waals surface area contributed by atoms with Gasteiger partial charge in [-0.3, -0.25) is 9.79 Å². The van der Waals surface area contributed by atoms with Crippen LogP contribution in [-0.2, 0) is 19.0 Å². The topological polar surface area (TPSA) is 75.6 Å². The van der Waals surface area contributed by atoms with Crippen molar-refractivity contribution in [1.82, 2.24) is 15.1 Å². The van der Waals surface area contributed by atoms with Crippen molar-refractivity contribution in [2.75, 3.05) is 66.2 Å². The van der Waals surface area contributed by atoms with Crippen LogP contribution in [0.3, 0.4) is 0 Å². The fourth-order valence-electron chi connectivity index (χ4n) is 3.81. The minimum atomic E-state index is -0.218. The summed E-state index contributed by atoms with van der Waals surface area (Å²) >= 11 is 0. The maximum Gasteiger partial charge on any atom is 0.251 e. The van der Waals surface area contributed by atoms with Gasteiger partial charge in [-0.2, -0.15) is 0 Å². The van der Waals surface area contributed by atoms with Crippen LogP contribution in [-0.4, -0.2) is 100 Å². The first kappa shape index (κ1) is 20.4. The van der Waals surface area contributed by atoms with Crippen LogP contribution >= 0.6 is 0 Å². The van der Waals surface area contributed by atoms with Crippen LogP contribution in [0.1, 0.15) is 32.1 Å². The number of nitrogens with one attached hydrogen (secondary N) is 1. The van der Waals surface area contributed by atoms with Crippen molar-refractivity contribution in [2.45, 2.75) is 44.3 Å². The first-order valence-corrected chi connectivity index (χ1v) is 10.3. The summed E-state index contributed by atoms with van der Waals surface area (Å²) in [5.41, 5.74) is 0. The number of aliphatic imine (C=N–C) groups is 1. The predicted octanol–water partition coefficient (Wildman–Crippen LogP) is 0.471. The van der Waals surface area contributed by atoms with Gasteiger partial charge < -0.3 is 29.3 Å². The van der Waals surface area contributed by atoms with Gasteiger partial charge in [-0.25, -0.2) is 0 Å². The SMILES string of the molecule is CN=C(NCCCOC1CCOCC1)N1CCN(C(=O)C2CCCO2)CC1. The van der Waals surface area contributed by atoms with E-state index in [4.69, 9.17) is 14.2 Å². The zero-order chi connectivity index (χ0) is 18.9. The molecule has 154 valence electrons. The molecular weight excluding hydrogens is 348 g/mol. The molecule has 0 bridgehead atoms. The lowest BCUT2D eigenvalue weighted by Crippen LogP contribution is -2.55. The maximum atomic E-state index is 12.4. The maximum absolute atomic E-state index is 12.4. The molecule has 0 radical (unpaired) electrons. The monoisotopic (exact) mass is 382 g/mol. The van der Waals surface area contributed by atoms with Gasteiger partial charge in [0, 0.05) is 66.2 Å². The van der Waals surface area contributed by atoms with Crippen molar-refractivity contribution in [1.29, 1.82) is 0 Å². The van der Waals surface area contributed by atoms with E-state index in [0.29, 0.717) is 12.7 Å². The lowest BCUT2D eigenvalue weighted by atomic mass is 10.1. The van der Waals surface area contributed by atoms with E-state index in [-0.39, 0.29) is 12.0 Å². The number of hydrogen-bond donors (Lipinski definition) is 1. The Morgan fingerprint density at radius 1 is 1.11 bits per heavy atom. The third-order valence-electron chi connectivity index (χ3n) is 5.43. The Morgan fingerprint density at radius 3 is 2.52 bits per heavy atom. The van der Waals surface area contributed by atoms with E-state index < -0.39 is 0 Å². The predicted molar refractivity (Wildman–Crippen MR) is 103 cm³/mol. The molecule has 8 heteroatoms. The second-order valence-electron chi connectivity index (χ2n) is 7.32. The van der Waals surface area contributed by atoms with Gasteiger partial charge in [-0.1, -0.05) is 0 Å². The summed E-state index contributed by atoms with van der Waals surface area (Å²) in [4.78, 5) is 21.0. The second kappa shape index (κ2) is 10.8. The van der Waals surface area contributed by atoms with E-state index in [0.717, 1.165) is 90.6 Å². The van der Waals surface area contributed by atoms with Crippen LogP contribution in [0.25, 0.3) is 0 Å². The molecule has 0 spiro atoms. The summed E-state index contributed by atoms with van der Waals surface area (Å²) in [7, 11) is 1.81. The Labute approximate surface area is 162 Å². The Balaban J connectivity index is 1.31. The normalized spacial score (nSPS) is 25.1. The molecule has 1 amide bonds. The quantitative estimate of drug-likeness (QED) is 0.409. The van der Waals surface area contributed by atoms with Crippen molar-refractivity contribution in [2.24, 2.45) is 4.99 Å². The number of guanidine groups is 1. The van der Waals surface area contributed by atoms with E-state index in [1.54, 1.807) is 0 Å². The van der Waals surface area contributed by atoms with Gasteiger partial charge in [-0.15, -0.1) is 0 Å². The zero-order valence-electron chi connectivity index (χ0n) is 16.5. The summed E-state index contributed by atoms with van der Waals surface area (Å²) in [6, 6.07) is 0. The van der Waals surface area contributed by atoms with E-state index in [2.05, 4.69) is 15.2 Å². The standard InChI is InChI=1S/C19H34N4O4/c1-20-19(21-7-3-13-26-16-5-14-25-15-6-16)23-10-8-22(9-11-23)18(24)17-4-2-12-27-17/h16-17H,2-15H2,1H3,(H,20,21). The molecule has 3 aliphatic heterocycles. The van der Waals surface area contributed by atoms with Gasteiger partial charge in [0.1, 0.15) is 6.10 Å². The van der Waals surface area contributed by atoms with Crippen molar-refractivity contribution < 1.29 is 19.0 Å². The fourth-order valence-corrected chi connectivity index (χ4v) is 3.81. The van der Waals surface area contributed by atoms with Crippen molar-refractivity contribution in [3.05, 3.63) is 0 Å². The van der Waals surface area contributed by atoms with E-state index in [1.807, 2.05) is 11.9 Å². The highest BCUT2D eigenvalue weighted by atomic mass is 16.5. The third-order valence-corrected chi connectivity index (χ3v) is 5.43. The highest BCUT2D eigenvalue weighted by molar-refractivity contribution is 5.82. The molecule has 1 atom stereocenters. The molecule has 1 unspecified atom stereocenters. The van der Waals surface area contributed by atoms with Crippen LogP contribution in [0.5, 0.6) is 0 Å². The molecular formula is C19H34N4O4. The Morgan fingerprint density at radius 2 is 1.85 bits per heavy atom. The summed E-state index contributed by atoms with van der Waals surface area (Å²) in [6.45, 7) is 7.01. The van der Waals surface area contributed by atoms with Gasteiger partial charge in [0.2, 0.25) is 0 Å². The number of rotatable bonds is 6. The molecule has 0 aromatic heterocycles. The minimum absolute atomic E-state index is 0.153. The zero-order valence-corrected chi connectivity index (χ0v) is 16.5. The van der Waals surface area contributed by atoms with Crippen LogP contribution in [0.15, 0.2) is 4.99 Å². The first-order valence-electron chi connectivity index (χ1n) is 10.3. The second-order valence-corrected chi connectivity index (χ2v) is 7.32. The molecule has 1 N–H and O–H groups in total. The van der Waals surface area contributed by atoms with Crippen molar-refractivity contribution in [3.8, 4) is 0 Å². The molecule has 0 aliphatic carbocycles. The van der Waals surface area contributed by atoms with Crippen molar-refractivity contribution >= 4 is 11.9 Å². The molecule has 0 saturated carbocycles. The first-order chi connectivity index (χ1) is 13.3. The number of carbonyl (C=O) groups is 1. The molecule has 3 rings (SSSR count). The average Bonchev–Trinajstić information content (AvgIpc) is 3.26. The molecule has 0 aromatic rings. The lowest BCUT2D eigenvalue weighted by molar-refractivity contribution is -0.142. The smallest absolute Gasteiger partial charge is 0.251 e. The van der Waals surface area contributed by atoms with E-state index >= 15 is 0 Å². The number of piperazine rings is 1. The van der Waals surface area contributed by atoms with Crippen LogP contribution in [0.2, 0.25) is 0 Å². The summed E-state index contributed by atoms with van der Waals surface area (Å²) in [6.07, 6.45) is 4.95. The van der Waals surface area contributed by atoms with Gasteiger partial charge >= 0.3 is 0 Å². The lowest BCUT2D eigenvalue weighted by Gasteiger charge is -2.37. The number of amides is 1. The summed E-state index contributed by atoms with van der Waals surface area (Å²) in [5, 5.41) is 3.42. The average molecular weight is 383 g/mol. The minimum Gasteiger partial charge on any atom is -0.381 e. The Kier molecular flexibility index (Phi) is 8.16. The van der Waals surface area contributed by atoms with Gasteiger partial charge in [-0.05, 0) is 32.1 Å².